The van der Waals surface area contributed by atoms with Crippen LogP contribution in [0.5, 0.6) is 0 Å². The number of hydrogen-bond acceptors (Lipinski definition) is 3. The zero-order valence-electron chi connectivity index (χ0n) is 14.9. The molecule has 3 aromatic rings. The molecule has 6 heteroatoms. The molecule has 0 fully saturated rings. The topological polar surface area (TPSA) is 38.1 Å². The van der Waals surface area contributed by atoms with Crippen LogP contribution >= 0.6 is 11.3 Å². The van der Waals surface area contributed by atoms with Gasteiger partial charge in [0.15, 0.2) is 5.69 Å². The van der Waals surface area contributed by atoms with E-state index in [9.17, 15) is 9.18 Å². The lowest BCUT2D eigenvalue weighted by molar-refractivity contribution is 0.0756. The van der Waals surface area contributed by atoms with Crippen LogP contribution in [0.1, 0.15) is 33.0 Å². The van der Waals surface area contributed by atoms with Gasteiger partial charge in [0, 0.05) is 22.7 Å². The smallest absolute Gasteiger partial charge is 0.275 e. The second kappa shape index (κ2) is 7.48. The largest absolute Gasteiger partial charge is 0.328 e. The van der Waals surface area contributed by atoms with Gasteiger partial charge in [0.25, 0.3) is 5.91 Å². The predicted molar refractivity (Wildman–Crippen MR) is 105 cm³/mol. The molecule has 0 atom stereocenters. The van der Waals surface area contributed by atoms with Gasteiger partial charge in [0.05, 0.1) is 6.54 Å². The van der Waals surface area contributed by atoms with Gasteiger partial charge in [-0.2, -0.15) is 5.10 Å². The van der Waals surface area contributed by atoms with Gasteiger partial charge in [0.1, 0.15) is 11.5 Å². The molecule has 0 unspecified atom stereocenters. The van der Waals surface area contributed by atoms with E-state index in [2.05, 4.69) is 11.7 Å². The van der Waals surface area contributed by atoms with Crippen LogP contribution in [0, 0.1) is 5.82 Å². The number of halogens is 1. The van der Waals surface area contributed by atoms with Gasteiger partial charge in [-0.3, -0.25) is 4.79 Å². The number of para-hydroxylation sites is 1. The second-order valence-corrected chi connectivity index (χ2v) is 7.58. The van der Waals surface area contributed by atoms with E-state index in [1.807, 2.05) is 17.5 Å². The highest BCUT2D eigenvalue weighted by molar-refractivity contribution is 7.09. The van der Waals surface area contributed by atoms with Gasteiger partial charge < -0.3 is 4.90 Å². The summed E-state index contributed by atoms with van der Waals surface area (Å²) in [6.45, 7) is 4.74. The summed E-state index contributed by atoms with van der Waals surface area (Å²) in [5, 5.41) is 6.55. The van der Waals surface area contributed by atoms with Crippen molar-refractivity contribution in [1.82, 2.24) is 14.7 Å². The average Bonchev–Trinajstić information content (AvgIpc) is 3.39. The molecule has 0 radical (unpaired) electrons. The molecule has 0 saturated heterocycles. The Morgan fingerprint density at radius 1 is 1.30 bits per heavy atom. The fraction of sp³-hybridized carbons (Fsp3) is 0.238. The van der Waals surface area contributed by atoms with E-state index >= 15 is 0 Å². The third-order valence-electron chi connectivity index (χ3n) is 4.78. The molecule has 1 aliphatic carbocycles. The third kappa shape index (κ3) is 3.32. The van der Waals surface area contributed by atoms with Crippen LogP contribution in [-0.4, -0.2) is 27.1 Å². The summed E-state index contributed by atoms with van der Waals surface area (Å²) in [7, 11) is 0. The Bertz CT molecular complexity index is 977. The van der Waals surface area contributed by atoms with Crippen molar-refractivity contribution in [2.24, 2.45) is 0 Å². The van der Waals surface area contributed by atoms with Crippen molar-refractivity contribution in [3.8, 4) is 5.69 Å². The van der Waals surface area contributed by atoms with Crippen molar-refractivity contribution in [3.05, 3.63) is 82.1 Å². The Labute approximate surface area is 161 Å². The number of aromatic nitrogens is 2. The van der Waals surface area contributed by atoms with Gasteiger partial charge in [-0.15, -0.1) is 17.9 Å². The monoisotopic (exact) mass is 381 g/mol. The molecule has 138 valence electrons. The highest BCUT2D eigenvalue weighted by atomic mass is 32.1. The summed E-state index contributed by atoms with van der Waals surface area (Å²) in [5.41, 5.74) is 2.72. The van der Waals surface area contributed by atoms with E-state index in [0.717, 1.165) is 35.4 Å². The molecule has 27 heavy (non-hydrogen) atoms. The summed E-state index contributed by atoms with van der Waals surface area (Å²) in [4.78, 5) is 16.1. The molecule has 0 spiro atoms. The minimum Gasteiger partial charge on any atom is -0.328 e. The van der Waals surface area contributed by atoms with Crippen LogP contribution in [-0.2, 0) is 19.4 Å². The Morgan fingerprint density at radius 2 is 2.15 bits per heavy atom. The second-order valence-electron chi connectivity index (χ2n) is 6.54. The average molecular weight is 381 g/mol. The normalized spacial score (nSPS) is 12.8. The maximum Gasteiger partial charge on any atom is 0.275 e. The number of nitrogens with zero attached hydrogens (tertiary/aromatic N) is 3. The van der Waals surface area contributed by atoms with Crippen molar-refractivity contribution >= 4 is 17.2 Å². The molecule has 1 amide bonds. The summed E-state index contributed by atoms with van der Waals surface area (Å²) in [6.07, 6.45) is 4.27. The summed E-state index contributed by atoms with van der Waals surface area (Å²) in [6, 6.07) is 10.5. The molecular formula is C21H20FN3OS. The molecule has 4 nitrogen and oxygen atoms in total. The fourth-order valence-electron chi connectivity index (χ4n) is 3.55. The van der Waals surface area contributed by atoms with Crippen LogP contribution in [0.25, 0.3) is 5.69 Å². The minimum absolute atomic E-state index is 0.128. The fourth-order valence-corrected chi connectivity index (χ4v) is 4.27. The van der Waals surface area contributed by atoms with Crippen molar-refractivity contribution in [2.75, 3.05) is 6.54 Å². The molecule has 0 aliphatic heterocycles. The van der Waals surface area contributed by atoms with Gasteiger partial charge >= 0.3 is 0 Å². The molecule has 2 heterocycles. The maximum atomic E-state index is 14.3. The number of thiophene rings is 1. The van der Waals surface area contributed by atoms with Crippen LogP contribution in [0.4, 0.5) is 4.39 Å². The molecule has 0 bridgehead atoms. The summed E-state index contributed by atoms with van der Waals surface area (Å²) < 4.78 is 15.9. The molecular weight excluding hydrogens is 361 g/mol. The van der Waals surface area contributed by atoms with Gasteiger partial charge in [-0.25, -0.2) is 9.07 Å². The van der Waals surface area contributed by atoms with E-state index < -0.39 is 0 Å². The molecule has 2 aromatic heterocycles. The number of carbonyl (C=O) groups is 1. The molecule has 1 aliphatic rings. The predicted octanol–water partition coefficient (Wildman–Crippen LogP) is 4.39. The van der Waals surface area contributed by atoms with Crippen LogP contribution in [0.15, 0.2) is 54.4 Å². The number of carbonyl (C=O) groups excluding carboxylic acids is 1. The van der Waals surface area contributed by atoms with Crippen molar-refractivity contribution < 1.29 is 9.18 Å². The Kier molecular flexibility index (Phi) is 4.90. The first kappa shape index (κ1) is 17.7. The third-order valence-corrected chi connectivity index (χ3v) is 5.64. The zero-order chi connectivity index (χ0) is 18.8. The Hall–Kier alpha value is -2.73. The van der Waals surface area contributed by atoms with E-state index in [1.165, 1.54) is 6.07 Å². The quantitative estimate of drug-likeness (QED) is 0.594. The molecule has 1 aromatic carbocycles. The van der Waals surface area contributed by atoms with Crippen LogP contribution in [0.2, 0.25) is 0 Å². The first-order valence-electron chi connectivity index (χ1n) is 8.97. The Morgan fingerprint density at radius 3 is 2.89 bits per heavy atom. The number of benzene rings is 1. The lowest BCUT2D eigenvalue weighted by atomic mass is 10.1. The van der Waals surface area contributed by atoms with E-state index in [-0.39, 0.29) is 11.7 Å². The Balaban J connectivity index is 1.72. The lowest BCUT2D eigenvalue weighted by Crippen LogP contribution is -2.31. The number of hydrogen-bond donors (Lipinski definition) is 0. The zero-order valence-corrected chi connectivity index (χ0v) is 15.7. The van der Waals surface area contributed by atoms with Gasteiger partial charge in [0.2, 0.25) is 0 Å². The number of fused-ring (bicyclic) bond motifs is 1. The summed E-state index contributed by atoms with van der Waals surface area (Å²) >= 11 is 1.62. The molecule has 0 saturated carbocycles. The molecule has 4 rings (SSSR count). The minimum atomic E-state index is -0.338. The standard InChI is InChI=1S/C21H20FN3OS/c1-2-12-24(14-15-7-6-13-27-15)21(26)20-16-8-5-11-18(16)25(23-20)19-10-4-3-9-17(19)22/h2-4,6-7,9-10,13H,1,5,8,11-12,14H2. The van der Waals surface area contributed by atoms with Gasteiger partial charge in [-0.1, -0.05) is 24.3 Å². The highest BCUT2D eigenvalue weighted by Crippen LogP contribution is 2.29. The van der Waals surface area contributed by atoms with Crippen molar-refractivity contribution in [1.29, 1.82) is 0 Å². The van der Waals surface area contributed by atoms with E-state index in [0.29, 0.717) is 24.5 Å². The van der Waals surface area contributed by atoms with Crippen molar-refractivity contribution in [3.63, 3.8) is 0 Å². The molecule has 0 N–H and O–H groups in total. The highest BCUT2D eigenvalue weighted by Gasteiger charge is 2.30. The van der Waals surface area contributed by atoms with E-state index in [1.54, 1.807) is 45.2 Å². The van der Waals surface area contributed by atoms with Crippen molar-refractivity contribution in [2.45, 2.75) is 25.8 Å². The SMILES string of the molecule is C=CCN(Cc1cccs1)C(=O)c1nn(-c2ccccc2F)c2c1CCC2. The summed E-state index contributed by atoms with van der Waals surface area (Å²) in [5.74, 6) is -0.466. The number of rotatable bonds is 6. The van der Waals surface area contributed by atoms with Crippen LogP contribution in [0.3, 0.4) is 0 Å². The maximum absolute atomic E-state index is 14.3. The van der Waals surface area contributed by atoms with Crippen LogP contribution < -0.4 is 0 Å². The lowest BCUT2D eigenvalue weighted by Gasteiger charge is -2.19. The number of amides is 1. The first-order chi connectivity index (χ1) is 13.2. The van der Waals surface area contributed by atoms with E-state index in [4.69, 9.17) is 0 Å². The van der Waals surface area contributed by atoms with Gasteiger partial charge in [-0.05, 0) is 42.8 Å². The first-order valence-corrected chi connectivity index (χ1v) is 9.85.